The molecule has 0 saturated carbocycles. The van der Waals surface area contributed by atoms with Gasteiger partial charge in [-0.2, -0.15) is 9.61 Å². The van der Waals surface area contributed by atoms with Gasteiger partial charge in [0.15, 0.2) is 11.5 Å². The maximum Gasteiger partial charge on any atom is 0.175 e. The smallest absolute Gasteiger partial charge is 0.175 e. The third-order valence-corrected chi connectivity index (χ3v) is 2.72. The zero-order chi connectivity index (χ0) is 10.3. The first-order valence-corrected chi connectivity index (χ1v) is 4.99. The lowest BCUT2D eigenvalue weighted by Crippen LogP contribution is -2.27. The molecule has 2 N–H and O–H groups in total. The highest BCUT2D eigenvalue weighted by Gasteiger charge is 2.21. The molecule has 1 aliphatic heterocycles. The van der Waals surface area contributed by atoms with Crippen molar-refractivity contribution in [1.29, 1.82) is 0 Å². The van der Waals surface area contributed by atoms with Gasteiger partial charge in [0.25, 0.3) is 0 Å². The van der Waals surface area contributed by atoms with Crippen molar-refractivity contribution in [1.82, 2.24) is 19.6 Å². The van der Waals surface area contributed by atoms with Gasteiger partial charge in [-0.05, 0) is 6.42 Å². The molecule has 3 rings (SSSR count). The van der Waals surface area contributed by atoms with E-state index in [1.807, 2.05) is 0 Å². The standard InChI is InChI=1S/C9H12N6/c10-7-1-2-14(5-7)9-4-11-3-8-12-6-13-15(8)9/h3-4,6-7H,1-2,5,10H2/t7-/m0/s1. The average Bonchev–Trinajstić information content (AvgIpc) is 2.84. The third kappa shape index (κ3) is 1.33. The summed E-state index contributed by atoms with van der Waals surface area (Å²) < 4.78 is 1.80. The van der Waals surface area contributed by atoms with E-state index in [1.54, 1.807) is 16.9 Å². The van der Waals surface area contributed by atoms with Gasteiger partial charge in [-0.1, -0.05) is 0 Å². The number of aromatic nitrogens is 4. The van der Waals surface area contributed by atoms with Crippen LogP contribution in [0.2, 0.25) is 0 Å². The highest BCUT2D eigenvalue weighted by atomic mass is 15.4. The second-order valence-corrected chi connectivity index (χ2v) is 3.79. The Morgan fingerprint density at radius 3 is 3.13 bits per heavy atom. The molecule has 0 aliphatic carbocycles. The maximum atomic E-state index is 5.87. The van der Waals surface area contributed by atoms with Crippen LogP contribution in [0.1, 0.15) is 6.42 Å². The maximum absolute atomic E-state index is 5.87. The fourth-order valence-corrected chi connectivity index (χ4v) is 1.95. The molecule has 1 aliphatic rings. The van der Waals surface area contributed by atoms with E-state index in [1.165, 1.54) is 6.33 Å². The minimum atomic E-state index is 0.253. The van der Waals surface area contributed by atoms with Gasteiger partial charge in [0, 0.05) is 19.1 Å². The first-order valence-electron chi connectivity index (χ1n) is 4.99. The Bertz CT molecular complexity index is 478. The summed E-state index contributed by atoms with van der Waals surface area (Å²) in [7, 11) is 0. The minimum Gasteiger partial charge on any atom is -0.354 e. The van der Waals surface area contributed by atoms with Crippen LogP contribution in [-0.2, 0) is 0 Å². The number of anilines is 1. The van der Waals surface area contributed by atoms with E-state index >= 15 is 0 Å². The van der Waals surface area contributed by atoms with Crippen molar-refractivity contribution in [3.63, 3.8) is 0 Å². The molecule has 3 heterocycles. The molecular formula is C9H12N6. The Morgan fingerprint density at radius 1 is 1.40 bits per heavy atom. The lowest BCUT2D eigenvalue weighted by Gasteiger charge is -2.17. The van der Waals surface area contributed by atoms with E-state index < -0.39 is 0 Å². The Kier molecular flexibility index (Phi) is 1.81. The first kappa shape index (κ1) is 8.60. The fourth-order valence-electron chi connectivity index (χ4n) is 1.95. The summed E-state index contributed by atoms with van der Waals surface area (Å²) in [5, 5.41) is 4.17. The molecule has 0 aromatic carbocycles. The van der Waals surface area contributed by atoms with Crippen LogP contribution in [0, 0.1) is 0 Å². The summed E-state index contributed by atoms with van der Waals surface area (Å²) in [6, 6.07) is 0.253. The quantitative estimate of drug-likeness (QED) is 0.688. The summed E-state index contributed by atoms with van der Waals surface area (Å²) in [5.74, 6) is 0.970. The molecule has 15 heavy (non-hydrogen) atoms. The number of fused-ring (bicyclic) bond motifs is 1. The molecule has 1 atom stereocenters. The van der Waals surface area contributed by atoms with Crippen LogP contribution in [0.25, 0.3) is 5.65 Å². The van der Waals surface area contributed by atoms with E-state index in [2.05, 4.69) is 20.0 Å². The summed E-state index contributed by atoms with van der Waals surface area (Å²) in [6.45, 7) is 1.82. The van der Waals surface area contributed by atoms with Gasteiger partial charge < -0.3 is 10.6 Å². The summed E-state index contributed by atoms with van der Waals surface area (Å²) in [5.41, 5.74) is 6.65. The van der Waals surface area contributed by atoms with Crippen LogP contribution in [0.5, 0.6) is 0 Å². The Balaban J connectivity index is 2.06. The van der Waals surface area contributed by atoms with Crippen molar-refractivity contribution >= 4 is 11.5 Å². The summed E-state index contributed by atoms with van der Waals surface area (Å²) in [6.07, 6.45) is 6.06. The van der Waals surface area contributed by atoms with E-state index in [-0.39, 0.29) is 6.04 Å². The van der Waals surface area contributed by atoms with Crippen molar-refractivity contribution < 1.29 is 0 Å². The van der Waals surface area contributed by atoms with Gasteiger partial charge in [0.05, 0.1) is 12.4 Å². The normalized spacial score (nSPS) is 21.4. The van der Waals surface area contributed by atoms with Gasteiger partial charge in [0.1, 0.15) is 6.33 Å². The van der Waals surface area contributed by atoms with Gasteiger partial charge in [-0.25, -0.2) is 4.98 Å². The molecule has 0 bridgehead atoms. The van der Waals surface area contributed by atoms with Crippen molar-refractivity contribution in [2.75, 3.05) is 18.0 Å². The average molecular weight is 204 g/mol. The van der Waals surface area contributed by atoms with E-state index in [9.17, 15) is 0 Å². The molecule has 6 nitrogen and oxygen atoms in total. The zero-order valence-electron chi connectivity index (χ0n) is 8.24. The minimum absolute atomic E-state index is 0.253. The van der Waals surface area contributed by atoms with Crippen LogP contribution in [0.3, 0.4) is 0 Å². The molecule has 0 spiro atoms. The first-order chi connectivity index (χ1) is 7.34. The predicted octanol–water partition coefficient (Wildman–Crippen LogP) is -0.338. The highest BCUT2D eigenvalue weighted by Crippen LogP contribution is 2.18. The van der Waals surface area contributed by atoms with Gasteiger partial charge >= 0.3 is 0 Å². The van der Waals surface area contributed by atoms with Crippen molar-refractivity contribution in [2.45, 2.75) is 12.5 Å². The molecule has 6 heteroatoms. The highest BCUT2D eigenvalue weighted by molar-refractivity contribution is 5.47. The van der Waals surface area contributed by atoms with Gasteiger partial charge in [-0.15, -0.1) is 0 Å². The molecule has 0 amide bonds. The molecule has 0 radical (unpaired) electrons. The fraction of sp³-hybridized carbons (Fsp3) is 0.444. The van der Waals surface area contributed by atoms with Gasteiger partial charge in [0.2, 0.25) is 0 Å². The lowest BCUT2D eigenvalue weighted by atomic mass is 10.3. The molecule has 2 aromatic heterocycles. The summed E-state index contributed by atoms with van der Waals surface area (Å²) in [4.78, 5) is 10.4. The van der Waals surface area contributed by atoms with Gasteiger partial charge in [-0.3, -0.25) is 4.98 Å². The van der Waals surface area contributed by atoms with E-state index in [4.69, 9.17) is 5.73 Å². The number of nitrogens with two attached hydrogens (primary N) is 1. The van der Waals surface area contributed by atoms with E-state index in [0.717, 1.165) is 31.0 Å². The monoisotopic (exact) mass is 204 g/mol. The van der Waals surface area contributed by atoms with E-state index in [0.29, 0.717) is 0 Å². The van der Waals surface area contributed by atoms with Crippen molar-refractivity contribution in [3.05, 3.63) is 18.7 Å². The van der Waals surface area contributed by atoms with Crippen LogP contribution in [0.15, 0.2) is 18.7 Å². The molecule has 0 unspecified atom stereocenters. The van der Waals surface area contributed by atoms with Crippen molar-refractivity contribution in [3.8, 4) is 0 Å². The number of rotatable bonds is 1. The SMILES string of the molecule is N[C@H]1CCN(c2cncc3ncnn23)C1. The Morgan fingerprint density at radius 2 is 2.33 bits per heavy atom. The second kappa shape index (κ2) is 3.16. The third-order valence-electron chi connectivity index (χ3n) is 2.72. The molecule has 78 valence electrons. The Labute approximate surface area is 86.7 Å². The second-order valence-electron chi connectivity index (χ2n) is 3.79. The van der Waals surface area contributed by atoms with Crippen LogP contribution < -0.4 is 10.6 Å². The predicted molar refractivity (Wildman–Crippen MR) is 55.6 cm³/mol. The van der Waals surface area contributed by atoms with Crippen LogP contribution in [-0.4, -0.2) is 38.7 Å². The summed E-state index contributed by atoms with van der Waals surface area (Å²) >= 11 is 0. The largest absolute Gasteiger partial charge is 0.354 e. The molecular weight excluding hydrogens is 192 g/mol. The lowest BCUT2D eigenvalue weighted by molar-refractivity contribution is 0.749. The molecule has 2 aromatic rings. The Hall–Kier alpha value is -1.69. The zero-order valence-corrected chi connectivity index (χ0v) is 8.24. The number of nitrogens with zero attached hydrogens (tertiary/aromatic N) is 5. The van der Waals surface area contributed by atoms with Crippen LogP contribution in [0.4, 0.5) is 5.82 Å². The van der Waals surface area contributed by atoms with Crippen LogP contribution >= 0.6 is 0 Å². The molecule has 1 fully saturated rings. The number of hydrogen-bond acceptors (Lipinski definition) is 5. The topological polar surface area (TPSA) is 72.3 Å². The van der Waals surface area contributed by atoms with Crippen molar-refractivity contribution in [2.24, 2.45) is 5.73 Å². The number of hydrogen-bond donors (Lipinski definition) is 1. The molecule has 1 saturated heterocycles.